The second kappa shape index (κ2) is 10.2. The third-order valence-electron chi connectivity index (χ3n) is 5.17. The molecular weight excluding hydrogens is 325 g/mol. The van der Waals surface area contributed by atoms with Gasteiger partial charge in [0.05, 0.1) is 6.10 Å². The second-order valence-corrected chi connectivity index (χ2v) is 7.26. The summed E-state index contributed by atoms with van der Waals surface area (Å²) < 4.78 is 42.8. The van der Waals surface area contributed by atoms with Crippen molar-refractivity contribution in [3.8, 4) is 0 Å². The Bertz CT molecular complexity index is 473. The summed E-state index contributed by atoms with van der Waals surface area (Å²) in [4.78, 5) is 0. The quantitative estimate of drug-likeness (QED) is 0.442. The first-order chi connectivity index (χ1) is 12.0. The fourth-order valence-electron chi connectivity index (χ4n) is 3.58. The van der Waals surface area contributed by atoms with Gasteiger partial charge in [-0.25, -0.2) is 0 Å². The van der Waals surface area contributed by atoms with Crippen molar-refractivity contribution in [1.82, 2.24) is 0 Å². The zero-order chi connectivity index (χ0) is 18.1. The van der Waals surface area contributed by atoms with Crippen molar-refractivity contribution in [2.45, 2.75) is 89.3 Å². The Morgan fingerprint density at radius 2 is 1.64 bits per heavy atom. The van der Waals surface area contributed by atoms with Crippen LogP contribution in [0.5, 0.6) is 0 Å². The van der Waals surface area contributed by atoms with Crippen LogP contribution in [0.25, 0.3) is 0 Å². The summed E-state index contributed by atoms with van der Waals surface area (Å²) in [5.74, 6) is 0.525. The Kier molecular flexibility index (Phi) is 8.28. The first kappa shape index (κ1) is 20.3. The zero-order valence-electron chi connectivity index (χ0n) is 15.3. The van der Waals surface area contributed by atoms with Gasteiger partial charge in [-0.15, -0.1) is 0 Å². The van der Waals surface area contributed by atoms with Gasteiger partial charge < -0.3 is 4.74 Å². The van der Waals surface area contributed by atoms with Crippen LogP contribution in [0, 0.1) is 0 Å². The number of halogens is 3. The van der Waals surface area contributed by atoms with E-state index in [2.05, 4.69) is 6.92 Å². The molecule has 1 fully saturated rings. The average molecular weight is 356 g/mol. The molecule has 0 spiro atoms. The maximum Gasteiger partial charge on any atom is 0.389 e. The Balaban J connectivity index is 1.69. The van der Waals surface area contributed by atoms with Crippen molar-refractivity contribution in [2.24, 2.45) is 0 Å². The maximum absolute atomic E-state index is 12.3. The number of aryl methyl sites for hydroxylation is 1. The molecule has 0 aromatic heterocycles. The molecule has 0 N–H and O–H groups in total. The molecule has 25 heavy (non-hydrogen) atoms. The lowest BCUT2D eigenvalue weighted by Crippen LogP contribution is -2.21. The normalized spacial score (nSPS) is 21.4. The van der Waals surface area contributed by atoms with E-state index in [1.807, 2.05) is 24.3 Å². The van der Waals surface area contributed by atoms with Gasteiger partial charge in [-0.1, -0.05) is 50.5 Å². The largest absolute Gasteiger partial charge is 0.389 e. The highest BCUT2D eigenvalue weighted by atomic mass is 19.4. The van der Waals surface area contributed by atoms with Crippen molar-refractivity contribution in [3.63, 3.8) is 0 Å². The lowest BCUT2D eigenvalue weighted by molar-refractivity contribution is -0.133. The average Bonchev–Trinajstić information content (AvgIpc) is 2.60. The molecule has 0 atom stereocenters. The van der Waals surface area contributed by atoms with Gasteiger partial charge in [0, 0.05) is 13.0 Å². The first-order valence-electron chi connectivity index (χ1n) is 9.75. The Morgan fingerprint density at radius 3 is 2.24 bits per heavy atom. The van der Waals surface area contributed by atoms with Crippen LogP contribution in [0.2, 0.25) is 0 Å². The van der Waals surface area contributed by atoms with Gasteiger partial charge in [0.1, 0.15) is 0 Å². The van der Waals surface area contributed by atoms with Crippen molar-refractivity contribution >= 4 is 0 Å². The van der Waals surface area contributed by atoms with Crippen LogP contribution in [0.3, 0.4) is 0 Å². The van der Waals surface area contributed by atoms with Crippen molar-refractivity contribution in [3.05, 3.63) is 35.4 Å². The lowest BCUT2D eigenvalue weighted by atomic mass is 9.82. The van der Waals surface area contributed by atoms with Crippen LogP contribution in [-0.2, 0) is 11.2 Å². The molecule has 0 aliphatic heterocycles. The molecule has 1 aromatic carbocycles. The van der Waals surface area contributed by atoms with Gasteiger partial charge in [-0.05, 0) is 55.6 Å². The Hall–Kier alpha value is -1.03. The van der Waals surface area contributed by atoms with Crippen molar-refractivity contribution in [1.29, 1.82) is 0 Å². The molecule has 1 aliphatic rings. The van der Waals surface area contributed by atoms with E-state index in [4.69, 9.17) is 4.74 Å². The number of benzene rings is 1. The standard InChI is InChI=1S/C21H31F3O/c1-2-3-4-5-16-25-20-12-10-19(11-13-20)18-8-6-17(7-9-18)14-15-21(22,23)24/h6-9,19-20H,2-5,10-16H2,1H3. The van der Waals surface area contributed by atoms with E-state index >= 15 is 0 Å². The van der Waals surface area contributed by atoms with E-state index < -0.39 is 12.6 Å². The number of alkyl halides is 3. The van der Waals surface area contributed by atoms with Crippen LogP contribution in [0.15, 0.2) is 24.3 Å². The molecule has 1 aliphatic carbocycles. The molecular formula is C21H31F3O. The molecule has 0 heterocycles. The number of hydrogen-bond donors (Lipinski definition) is 0. The number of ether oxygens (including phenoxy) is 1. The summed E-state index contributed by atoms with van der Waals surface area (Å²) in [7, 11) is 0. The van der Waals surface area contributed by atoms with Gasteiger partial charge in [-0.3, -0.25) is 0 Å². The predicted octanol–water partition coefficient (Wildman–Crippen LogP) is 6.80. The van der Waals surface area contributed by atoms with E-state index in [0.717, 1.165) is 44.3 Å². The SMILES string of the molecule is CCCCCCOC1CCC(c2ccc(CCC(F)(F)F)cc2)CC1. The summed E-state index contributed by atoms with van der Waals surface area (Å²) >= 11 is 0. The minimum absolute atomic E-state index is 0.0718. The fraction of sp³-hybridized carbons (Fsp3) is 0.714. The molecule has 1 saturated carbocycles. The van der Waals surface area contributed by atoms with E-state index in [9.17, 15) is 13.2 Å². The van der Waals surface area contributed by atoms with Crippen LogP contribution in [0.1, 0.15) is 81.8 Å². The summed E-state index contributed by atoms with van der Waals surface area (Å²) in [6.07, 6.45) is 5.01. The zero-order valence-corrected chi connectivity index (χ0v) is 15.3. The van der Waals surface area contributed by atoms with E-state index in [1.165, 1.54) is 24.8 Å². The second-order valence-electron chi connectivity index (χ2n) is 7.26. The molecule has 0 radical (unpaired) electrons. The first-order valence-corrected chi connectivity index (χ1v) is 9.75. The summed E-state index contributed by atoms with van der Waals surface area (Å²) in [6.45, 7) is 3.09. The van der Waals surface area contributed by atoms with Crippen molar-refractivity contribution < 1.29 is 17.9 Å². The monoisotopic (exact) mass is 356 g/mol. The van der Waals surface area contributed by atoms with E-state index in [0.29, 0.717) is 12.0 Å². The predicted molar refractivity (Wildman–Crippen MR) is 95.9 cm³/mol. The smallest absolute Gasteiger partial charge is 0.378 e. The molecule has 2 rings (SSSR count). The highest BCUT2D eigenvalue weighted by molar-refractivity contribution is 5.26. The van der Waals surface area contributed by atoms with Crippen LogP contribution >= 0.6 is 0 Å². The maximum atomic E-state index is 12.3. The molecule has 1 nitrogen and oxygen atoms in total. The van der Waals surface area contributed by atoms with Crippen LogP contribution in [0.4, 0.5) is 13.2 Å². The third-order valence-corrected chi connectivity index (χ3v) is 5.17. The van der Waals surface area contributed by atoms with Crippen molar-refractivity contribution in [2.75, 3.05) is 6.61 Å². The molecule has 1 aromatic rings. The van der Waals surface area contributed by atoms with Gasteiger partial charge in [0.25, 0.3) is 0 Å². The molecule has 0 bridgehead atoms. The lowest BCUT2D eigenvalue weighted by Gasteiger charge is -2.29. The topological polar surface area (TPSA) is 9.23 Å². The number of rotatable bonds is 9. The highest BCUT2D eigenvalue weighted by Gasteiger charge is 2.26. The van der Waals surface area contributed by atoms with Crippen LogP contribution < -0.4 is 0 Å². The number of unbranched alkanes of at least 4 members (excludes halogenated alkanes) is 3. The molecule has 0 saturated heterocycles. The van der Waals surface area contributed by atoms with Gasteiger partial charge >= 0.3 is 6.18 Å². The number of hydrogen-bond acceptors (Lipinski definition) is 1. The van der Waals surface area contributed by atoms with Gasteiger partial charge in [-0.2, -0.15) is 13.2 Å². The van der Waals surface area contributed by atoms with Crippen LogP contribution in [-0.4, -0.2) is 18.9 Å². The Labute approximate surface area is 150 Å². The fourth-order valence-corrected chi connectivity index (χ4v) is 3.58. The molecule has 0 unspecified atom stereocenters. The summed E-state index contributed by atoms with van der Waals surface area (Å²) in [6, 6.07) is 7.75. The van der Waals surface area contributed by atoms with E-state index in [1.54, 1.807) is 0 Å². The minimum Gasteiger partial charge on any atom is -0.378 e. The highest BCUT2D eigenvalue weighted by Crippen LogP contribution is 2.34. The molecule has 0 amide bonds. The third kappa shape index (κ3) is 7.81. The summed E-state index contributed by atoms with van der Waals surface area (Å²) in [5.41, 5.74) is 2.03. The molecule has 4 heteroatoms. The van der Waals surface area contributed by atoms with E-state index in [-0.39, 0.29) is 6.42 Å². The molecule has 142 valence electrons. The Morgan fingerprint density at radius 1 is 0.960 bits per heavy atom. The van der Waals surface area contributed by atoms with Gasteiger partial charge in [0.15, 0.2) is 0 Å². The minimum atomic E-state index is -4.08. The summed E-state index contributed by atoms with van der Waals surface area (Å²) in [5, 5.41) is 0. The van der Waals surface area contributed by atoms with Gasteiger partial charge in [0.2, 0.25) is 0 Å².